The molecule has 1 aliphatic heterocycles. The van der Waals surface area contributed by atoms with Crippen LogP contribution in [0, 0.1) is 0 Å². The molecule has 2 rings (SSSR count). The van der Waals surface area contributed by atoms with Crippen LogP contribution in [-0.4, -0.2) is 29.6 Å². The van der Waals surface area contributed by atoms with Gasteiger partial charge in [0.05, 0.1) is 0 Å². The van der Waals surface area contributed by atoms with E-state index in [2.05, 4.69) is 61.3 Å². The van der Waals surface area contributed by atoms with Crippen LogP contribution in [0.1, 0.15) is 32.8 Å². The number of hydrogen-bond donors (Lipinski definition) is 1. The van der Waals surface area contributed by atoms with Crippen molar-refractivity contribution in [1.82, 2.24) is 10.2 Å². The Labute approximate surface area is 105 Å². The van der Waals surface area contributed by atoms with Crippen molar-refractivity contribution in [3.63, 3.8) is 0 Å². The maximum Gasteiger partial charge on any atom is 0.0333 e. The van der Waals surface area contributed by atoms with E-state index in [9.17, 15) is 0 Å². The SMILES string of the molecule is CCC1(C)C(C)NCCN1Cc1ccccc1. The van der Waals surface area contributed by atoms with E-state index in [4.69, 9.17) is 0 Å². The number of nitrogens with zero attached hydrogens (tertiary/aromatic N) is 1. The number of piperazine rings is 1. The van der Waals surface area contributed by atoms with Gasteiger partial charge in [0, 0.05) is 31.2 Å². The van der Waals surface area contributed by atoms with Gasteiger partial charge < -0.3 is 5.32 Å². The maximum absolute atomic E-state index is 3.60. The quantitative estimate of drug-likeness (QED) is 0.862. The van der Waals surface area contributed by atoms with Gasteiger partial charge in [-0.15, -0.1) is 0 Å². The summed E-state index contributed by atoms with van der Waals surface area (Å²) in [7, 11) is 0. The predicted octanol–water partition coefficient (Wildman–Crippen LogP) is 2.65. The molecule has 0 amide bonds. The lowest BCUT2D eigenvalue weighted by Gasteiger charge is -2.49. The number of rotatable bonds is 3. The van der Waals surface area contributed by atoms with Crippen LogP contribution >= 0.6 is 0 Å². The molecular formula is C15H24N2. The lowest BCUT2D eigenvalue weighted by molar-refractivity contribution is 0.0297. The Morgan fingerprint density at radius 3 is 2.71 bits per heavy atom. The summed E-state index contributed by atoms with van der Waals surface area (Å²) < 4.78 is 0. The molecule has 0 radical (unpaired) electrons. The van der Waals surface area contributed by atoms with E-state index in [0.29, 0.717) is 6.04 Å². The normalized spacial score (nSPS) is 30.4. The van der Waals surface area contributed by atoms with Gasteiger partial charge in [-0.3, -0.25) is 4.90 Å². The molecule has 1 heterocycles. The minimum atomic E-state index is 0.272. The summed E-state index contributed by atoms with van der Waals surface area (Å²) in [6.07, 6.45) is 1.19. The fraction of sp³-hybridized carbons (Fsp3) is 0.600. The molecule has 1 saturated heterocycles. The van der Waals surface area contributed by atoms with Gasteiger partial charge in [-0.25, -0.2) is 0 Å². The monoisotopic (exact) mass is 232 g/mol. The molecule has 17 heavy (non-hydrogen) atoms. The van der Waals surface area contributed by atoms with Crippen LogP contribution in [-0.2, 0) is 6.54 Å². The first kappa shape index (κ1) is 12.6. The zero-order chi connectivity index (χ0) is 12.3. The van der Waals surface area contributed by atoms with Crippen molar-refractivity contribution >= 4 is 0 Å². The van der Waals surface area contributed by atoms with Crippen molar-refractivity contribution in [2.45, 2.75) is 45.3 Å². The van der Waals surface area contributed by atoms with Crippen molar-refractivity contribution in [1.29, 1.82) is 0 Å². The van der Waals surface area contributed by atoms with E-state index < -0.39 is 0 Å². The molecule has 0 aromatic heterocycles. The van der Waals surface area contributed by atoms with Gasteiger partial charge in [-0.1, -0.05) is 37.3 Å². The first-order valence-electron chi connectivity index (χ1n) is 6.69. The Morgan fingerprint density at radius 2 is 2.06 bits per heavy atom. The summed E-state index contributed by atoms with van der Waals surface area (Å²) in [5.41, 5.74) is 1.69. The zero-order valence-electron chi connectivity index (χ0n) is 11.2. The Balaban J connectivity index is 2.13. The van der Waals surface area contributed by atoms with Gasteiger partial charge in [0.2, 0.25) is 0 Å². The fourth-order valence-corrected chi connectivity index (χ4v) is 2.76. The fourth-order valence-electron chi connectivity index (χ4n) is 2.76. The van der Waals surface area contributed by atoms with Gasteiger partial charge in [0.25, 0.3) is 0 Å². The van der Waals surface area contributed by atoms with Crippen LogP contribution in [0.2, 0.25) is 0 Å². The molecule has 2 unspecified atom stereocenters. The maximum atomic E-state index is 3.60. The summed E-state index contributed by atoms with van der Waals surface area (Å²) in [5, 5.41) is 3.60. The van der Waals surface area contributed by atoms with Crippen molar-refractivity contribution in [3.05, 3.63) is 35.9 Å². The highest BCUT2D eigenvalue weighted by Gasteiger charge is 2.38. The third kappa shape index (κ3) is 2.53. The highest BCUT2D eigenvalue weighted by molar-refractivity contribution is 5.15. The molecule has 0 bridgehead atoms. The van der Waals surface area contributed by atoms with Crippen LogP contribution < -0.4 is 5.32 Å². The molecule has 0 saturated carbocycles. The largest absolute Gasteiger partial charge is 0.311 e. The summed E-state index contributed by atoms with van der Waals surface area (Å²) in [6.45, 7) is 10.3. The van der Waals surface area contributed by atoms with Gasteiger partial charge in [0.15, 0.2) is 0 Å². The molecule has 1 aromatic carbocycles. The number of benzene rings is 1. The first-order valence-corrected chi connectivity index (χ1v) is 6.69. The summed E-state index contributed by atoms with van der Waals surface area (Å²) >= 11 is 0. The molecular weight excluding hydrogens is 208 g/mol. The summed E-state index contributed by atoms with van der Waals surface area (Å²) in [5.74, 6) is 0. The van der Waals surface area contributed by atoms with E-state index in [1.807, 2.05) is 0 Å². The van der Waals surface area contributed by atoms with Crippen molar-refractivity contribution in [2.75, 3.05) is 13.1 Å². The standard InChI is InChI=1S/C15H24N2/c1-4-15(3)13(2)16-10-11-17(15)12-14-8-6-5-7-9-14/h5-9,13,16H,4,10-12H2,1-3H3. The third-order valence-corrected chi connectivity index (χ3v) is 4.42. The molecule has 2 atom stereocenters. The van der Waals surface area contributed by atoms with Crippen molar-refractivity contribution in [2.24, 2.45) is 0 Å². The van der Waals surface area contributed by atoms with E-state index in [1.54, 1.807) is 0 Å². The number of nitrogens with one attached hydrogen (secondary N) is 1. The van der Waals surface area contributed by atoms with Crippen LogP contribution in [0.4, 0.5) is 0 Å². The smallest absolute Gasteiger partial charge is 0.0333 e. The molecule has 2 nitrogen and oxygen atoms in total. The minimum Gasteiger partial charge on any atom is -0.311 e. The topological polar surface area (TPSA) is 15.3 Å². The van der Waals surface area contributed by atoms with Gasteiger partial charge in [-0.05, 0) is 25.8 Å². The van der Waals surface area contributed by atoms with Crippen molar-refractivity contribution < 1.29 is 0 Å². The number of hydrogen-bond acceptors (Lipinski definition) is 2. The van der Waals surface area contributed by atoms with Crippen LogP contribution in [0.3, 0.4) is 0 Å². The average Bonchev–Trinajstić information content (AvgIpc) is 2.36. The molecule has 1 aromatic rings. The Hall–Kier alpha value is -0.860. The zero-order valence-corrected chi connectivity index (χ0v) is 11.2. The highest BCUT2D eigenvalue weighted by Crippen LogP contribution is 2.27. The van der Waals surface area contributed by atoms with Gasteiger partial charge in [-0.2, -0.15) is 0 Å². The van der Waals surface area contributed by atoms with Crippen molar-refractivity contribution in [3.8, 4) is 0 Å². The van der Waals surface area contributed by atoms with Crippen LogP contribution in [0.25, 0.3) is 0 Å². The molecule has 1 aliphatic rings. The predicted molar refractivity (Wildman–Crippen MR) is 73.0 cm³/mol. The lowest BCUT2D eigenvalue weighted by Crippen LogP contribution is -2.63. The Kier molecular flexibility index (Phi) is 3.85. The third-order valence-electron chi connectivity index (χ3n) is 4.42. The second-order valence-corrected chi connectivity index (χ2v) is 5.29. The van der Waals surface area contributed by atoms with E-state index in [0.717, 1.165) is 19.6 Å². The second-order valence-electron chi connectivity index (χ2n) is 5.29. The van der Waals surface area contributed by atoms with E-state index in [-0.39, 0.29) is 5.54 Å². The minimum absolute atomic E-state index is 0.272. The van der Waals surface area contributed by atoms with E-state index in [1.165, 1.54) is 12.0 Å². The second kappa shape index (κ2) is 5.19. The molecule has 1 fully saturated rings. The molecule has 0 aliphatic carbocycles. The lowest BCUT2D eigenvalue weighted by atomic mass is 9.86. The Morgan fingerprint density at radius 1 is 1.35 bits per heavy atom. The molecule has 94 valence electrons. The van der Waals surface area contributed by atoms with E-state index >= 15 is 0 Å². The summed E-state index contributed by atoms with van der Waals surface area (Å²) in [6, 6.07) is 11.4. The van der Waals surface area contributed by atoms with Crippen LogP contribution in [0.5, 0.6) is 0 Å². The molecule has 2 heteroatoms. The summed E-state index contributed by atoms with van der Waals surface area (Å²) in [4.78, 5) is 2.63. The van der Waals surface area contributed by atoms with Gasteiger partial charge >= 0.3 is 0 Å². The molecule has 0 spiro atoms. The average molecular weight is 232 g/mol. The highest BCUT2D eigenvalue weighted by atomic mass is 15.3. The first-order chi connectivity index (χ1) is 8.16. The molecule has 1 N–H and O–H groups in total. The Bertz CT molecular complexity index is 349. The van der Waals surface area contributed by atoms with Crippen LogP contribution in [0.15, 0.2) is 30.3 Å². The van der Waals surface area contributed by atoms with Gasteiger partial charge in [0.1, 0.15) is 0 Å².